The molecule has 0 aliphatic rings. The molecule has 0 fully saturated rings. The summed E-state index contributed by atoms with van der Waals surface area (Å²) in [5.74, 6) is -5.35. The number of guanidine groups is 1. The van der Waals surface area contributed by atoms with Crippen LogP contribution in [0.4, 0.5) is 0 Å². The van der Waals surface area contributed by atoms with Crippen LogP contribution >= 0.6 is 0 Å². The normalized spacial score (nSPS) is 13.9. The van der Waals surface area contributed by atoms with Gasteiger partial charge in [-0.1, -0.05) is 65.0 Å². The molecule has 0 saturated heterocycles. The number of hydrogen-bond donors (Lipinski definition) is 8. The largest absolute Gasteiger partial charge is 0.396 e. The summed E-state index contributed by atoms with van der Waals surface area (Å²) in [6.07, 6.45) is 1.84. The fourth-order valence-corrected chi connectivity index (χ4v) is 6.02. The van der Waals surface area contributed by atoms with Gasteiger partial charge in [0, 0.05) is 44.3 Å². The van der Waals surface area contributed by atoms with Crippen molar-refractivity contribution in [3.63, 3.8) is 0 Å². The van der Waals surface area contributed by atoms with Crippen molar-refractivity contribution in [3.8, 4) is 0 Å². The van der Waals surface area contributed by atoms with E-state index in [9.17, 15) is 33.9 Å². The molecule has 0 spiro atoms. The van der Waals surface area contributed by atoms with Crippen molar-refractivity contribution in [3.05, 3.63) is 35.9 Å². The summed E-state index contributed by atoms with van der Waals surface area (Å²) >= 11 is 0. The van der Waals surface area contributed by atoms with Crippen molar-refractivity contribution in [1.82, 2.24) is 21.3 Å². The number of ether oxygens (including phenoxy) is 1. The van der Waals surface area contributed by atoms with Crippen LogP contribution in [0.25, 0.3) is 0 Å². The number of benzene rings is 1. The first kappa shape index (κ1) is 49.8. The van der Waals surface area contributed by atoms with Gasteiger partial charge in [0.15, 0.2) is 23.3 Å². The molecule has 0 saturated carbocycles. The Bertz CT molecular complexity index is 1390. The Balaban J connectivity index is 3.14. The number of aliphatic imine (C=N–C) groups is 1. The lowest BCUT2D eigenvalue weighted by molar-refractivity contribution is -0.136. The summed E-state index contributed by atoms with van der Waals surface area (Å²) in [6, 6.07) is 6.65. The monoisotopic (exact) mass is 789 g/mol. The zero-order chi connectivity index (χ0) is 42.0. The first-order chi connectivity index (χ1) is 26.6. The predicted molar refractivity (Wildman–Crippen MR) is 216 cm³/mol. The fourth-order valence-electron chi connectivity index (χ4n) is 6.02. The molecule has 1 aromatic carbocycles. The van der Waals surface area contributed by atoms with Crippen LogP contribution < -0.4 is 38.5 Å². The highest BCUT2D eigenvalue weighted by molar-refractivity contribution is 5.96. The van der Waals surface area contributed by atoms with E-state index in [-0.39, 0.29) is 62.4 Å². The number of ketones is 3. The minimum Gasteiger partial charge on any atom is -0.396 e. The van der Waals surface area contributed by atoms with E-state index in [1.165, 1.54) is 0 Å². The molecule has 0 aromatic heterocycles. The van der Waals surface area contributed by atoms with Crippen LogP contribution in [0.2, 0.25) is 0 Å². The second-order valence-corrected chi connectivity index (χ2v) is 14.7. The van der Waals surface area contributed by atoms with Crippen LogP contribution in [0, 0.1) is 17.8 Å². The molecular formula is C40H68N8O8. The first-order valence-electron chi connectivity index (χ1n) is 19.8. The number of hydrogen-bond acceptors (Lipinski definition) is 11. The summed E-state index contributed by atoms with van der Waals surface area (Å²) in [5, 5.41) is 21.6. The molecule has 56 heavy (non-hydrogen) atoms. The molecule has 0 bridgehead atoms. The third-order valence-electron chi connectivity index (χ3n) is 9.21. The van der Waals surface area contributed by atoms with Gasteiger partial charge < -0.3 is 48.3 Å². The van der Waals surface area contributed by atoms with E-state index >= 15 is 0 Å². The lowest BCUT2D eigenvalue weighted by Crippen LogP contribution is -2.50. The van der Waals surface area contributed by atoms with Crippen LogP contribution in [-0.2, 0) is 39.9 Å². The lowest BCUT2D eigenvalue weighted by Gasteiger charge is -2.27. The number of nitrogens with two attached hydrogens (primary N) is 3. The number of carbonyl (C=O) groups excluding carboxylic acids is 6. The molecule has 11 N–H and O–H groups in total. The molecule has 0 radical (unpaired) electrons. The number of aliphatic hydroxyl groups excluding tert-OH is 1. The van der Waals surface area contributed by atoms with Crippen molar-refractivity contribution in [2.24, 2.45) is 39.9 Å². The van der Waals surface area contributed by atoms with Gasteiger partial charge in [-0.25, -0.2) is 0 Å². The third kappa shape index (κ3) is 20.6. The summed E-state index contributed by atoms with van der Waals surface area (Å²) in [6.45, 7) is 9.72. The van der Waals surface area contributed by atoms with Crippen LogP contribution in [0.15, 0.2) is 35.3 Å². The van der Waals surface area contributed by atoms with E-state index in [0.29, 0.717) is 45.4 Å². The highest BCUT2D eigenvalue weighted by atomic mass is 16.5. The average Bonchev–Trinajstić information content (AvgIpc) is 3.15. The SMILES string of the molecule is CCC(=O)[C@H](Cc1ccccc1)NC(=O)[C@H](CO)CC(=O)[C@@H](NC(=O)[C@H](CCCN=C(N)N)CC(=O)[C@H](CCCCN)NC(=O)COCCNC(C)C)C(C)C. The number of aliphatic hydroxyl groups is 1. The Morgan fingerprint density at radius 1 is 0.804 bits per heavy atom. The van der Waals surface area contributed by atoms with Gasteiger partial charge in [0.05, 0.1) is 37.3 Å². The number of nitrogens with one attached hydrogen (secondary N) is 4. The van der Waals surface area contributed by atoms with Gasteiger partial charge in [-0.05, 0) is 56.6 Å². The Hall–Kier alpha value is -4.25. The van der Waals surface area contributed by atoms with Gasteiger partial charge in [-0.15, -0.1) is 0 Å². The minimum atomic E-state index is -1.17. The van der Waals surface area contributed by atoms with Crippen LogP contribution in [0.1, 0.15) is 91.5 Å². The molecule has 0 aliphatic heterocycles. The number of rotatable bonds is 31. The van der Waals surface area contributed by atoms with Gasteiger partial charge in [0.2, 0.25) is 17.7 Å². The van der Waals surface area contributed by atoms with E-state index < -0.39 is 72.4 Å². The number of Topliss-reactive ketones (excluding diaryl/α,β-unsaturated/α-hetero) is 3. The molecule has 3 amide bonds. The third-order valence-corrected chi connectivity index (χ3v) is 9.21. The van der Waals surface area contributed by atoms with E-state index in [2.05, 4.69) is 26.3 Å². The van der Waals surface area contributed by atoms with Crippen molar-refractivity contribution in [1.29, 1.82) is 0 Å². The van der Waals surface area contributed by atoms with Crippen molar-refractivity contribution < 1.29 is 38.6 Å². The summed E-state index contributed by atoms with van der Waals surface area (Å²) in [5.41, 5.74) is 17.5. The number of amides is 3. The standard InChI is InChI=1S/C40H68N8O8/c1-6-33(50)32(21-28-13-8-7-9-14-28)47-39(55)30(24-49)23-35(52)37(26(2)3)48-38(54)29(15-12-18-45-40(42)43)22-34(51)31(16-10-11-17-41)46-36(53)25-56-20-19-44-27(4)5/h7-9,13-14,26-27,29-32,37,44,49H,6,10-12,15-25,41H2,1-5H3,(H,46,53)(H,47,55)(H,48,54)(H4,42,43,45)/t29-,30+,31+,32+,37+/m1/s1. The highest BCUT2D eigenvalue weighted by Crippen LogP contribution is 2.19. The molecule has 0 unspecified atom stereocenters. The van der Waals surface area contributed by atoms with Crippen molar-refractivity contribution >= 4 is 41.0 Å². The van der Waals surface area contributed by atoms with E-state index in [4.69, 9.17) is 21.9 Å². The Labute approximate surface area is 332 Å². The van der Waals surface area contributed by atoms with Gasteiger partial charge in [-0.3, -0.25) is 33.8 Å². The summed E-state index contributed by atoms with van der Waals surface area (Å²) in [7, 11) is 0. The van der Waals surface area contributed by atoms with E-state index in [0.717, 1.165) is 5.56 Å². The molecule has 316 valence electrons. The van der Waals surface area contributed by atoms with Gasteiger partial charge in [0.25, 0.3) is 0 Å². The Morgan fingerprint density at radius 2 is 1.46 bits per heavy atom. The molecule has 1 aromatic rings. The summed E-state index contributed by atoms with van der Waals surface area (Å²) < 4.78 is 5.46. The number of unbranched alkanes of at least 4 members (excludes halogenated alkanes) is 1. The molecule has 16 nitrogen and oxygen atoms in total. The van der Waals surface area contributed by atoms with Crippen molar-refractivity contribution in [2.45, 2.75) is 117 Å². The average molecular weight is 789 g/mol. The number of nitrogens with zero attached hydrogens (tertiary/aromatic N) is 1. The first-order valence-corrected chi connectivity index (χ1v) is 19.8. The molecule has 16 heteroatoms. The maximum absolute atomic E-state index is 13.9. The minimum absolute atomic E-state index is 0.120. The zero-order valence-electron chi connectivity index (χ0n) is 34.0. The quantitative estimate of drug-likeness (QED) is 0.0293. The fraction of sp³-hybridized carbons (Fsp3) is 0.675. The smallest absolute Gasteiger partial charge is 0.246 e. The Kier molecular flexibility index (Phi) is 25.1. The molecule has 1 rings (SSSR count). The van der Waals surface area contributed by atoms with E-state index in [1.54, 1.807) is 20.8 Å². The van der Waals surface area contributed by atoms with Crippen LogP contribution in [0.5, 0.6) is 0 Å². The van der Waals surface area contributed by atoms with E-state index in [1.807, 2.05) is 44.2 Å². The highest BCUT2D eigenvalue weighted by Gasteiger charge is 2.34. The second-order valence-electron chi connectivity index (χ2n) is 14.7. The Morgan fingerprint density at radius 3 is 2.05 bits per heavy atom. The maximum Gasteiger partial charge on any atom is 0.246 e. The molecule has 0 aliphatic carbocycles. The lowest BCUT2D eigenvalue weighted by atomic mass is 9.89. The zero-order valence-corrected chi connectivity index (χ0v) is 34.0. The predicted octanol–water partition coefficient (Wildman–Crippen LogP) is 0.659. The van der Waals surface area contributed by atoms with Gasteiger partial charge in [-0.2, -0.15) is 0 Å². The second kappa shape index (κ2) is 28.2. The van der Waals surface area contributed by atoms with Crippen LogP contribution in [-0.4, -0.2) is 110 Å². The molecule has 5 atom stereocenters. The number of carbonyl (C=O) groups is 6. The van der Waals surface area contributed by atoms with Gasteiger partial charge in [0.1, 0.15) is 6.61 Å². The molecule has 0 heterocycles. The topological polar surface area (TPSA) is 270 Å². The summed E-state index contributed by atoms with van der Waals surface area (Å²) in [4.78, 5) is 84.2. The molecular weight excluding hydrogens is 720 g/mol. The maximum atomic E-state index is 13.9. The van der Waals surface area contributed by atoms with Crippen molar-refractivity contribution in [2.75, 3.05) is 39.5 Å². The van der Waals surface area contributed by atoms with Gasteiger partial charge >= 0.3 is 0 Å². The van der Waals surface area contributed by atoms with Crippen LogP contribution in [0.3, 0.4) is 0 Å².